The zero-order chi connectivity index (χ0) is 14.5. The van der Waals surface area contributed by atoms with Crippen LogP contribution in [0.4, 0.5) is 11.4 Å². The summed E-state index contributed by atoms with van der Waals surface area (Å²) in [5, 5.41) is 8.30. The molecule has 20 heavy (non-hydrogen) atoms. The quantitative estimate of drug-likeness (QED) is 0.465. The fraction of sp³-hybridized carbons (Fsp3) is 0. The van der Waals surface area contributed by atoms with Crippen molar-refractivity contribution in [3.05, 3.63) is 48.5 Å². The summed E-state index contributed by atoms with van der Waals surface area (Å²) in [7, 11) is 23.6. The monoisotopic (exact) mass is 470 g/mol. The van der Waals surface area contributed by atoms with Crippen LogP contribution in [0.5, 0.6) is 0 Å². The van der Waals surface area contributed by atoms with E-state index in [-0.39, 0.29) is 0 Å². The first-order valence-electron chi connectivity index (χ1n) is 5.41. The van der Waals surface area contributed by atoms with Gasteiger partial charge in [0, 0.05) is 0 Å². The summed E-state index contributed by atoms with van der Waals surface area (Å²) in [4.78, 5) is 0. The van der Waals surface area contributed by atoms with Crippen LogP contribution < -0.4 is 8.70 Å². The molecule has 104 valence electrons. The molecule has 0 N–H and O–H groups in total. The summed E-state index contributed by atoms with van der Waals surface area (Å²) in [6.07, 6.45) is 0. The summed E-state index contributed by atoms with van der Waals surface area (Å²) in [6, 6.07) is 14.9. The molecular formula is C12H8As2Cl4N2. The van der Waals surface area contributed by atoms with Gasteiger partial charge in [-0.05, 0) is 0 Å². The van der Waals surface area contributed by atoms with Crippen LogP contribution in [-0.2, 0) is 0 Å². The molecule has 0 saturated carbocycles. The van der Waals surface area contributed by atoms with Crippen molar-refractivity contribution in [3.63, 3.8) is 0 Å². The molecule has 8 heteroatoms. The van der Waals surface area contributed by atoms with Crippen LogP contribution in [0.25, 0.3) is 0 Å². The molecule has 0 bridgehead atoms. The third-order valence-corrected chi connectivity index (χ3v) is 9.32. The zero-order valence-electron chi connectivity index (χ0n) is 9.92. The second-order valence-electron chi connectivity index (χ2n) is 3.70. The van der Waals surface area contributed by atoms with E-state index in [1.54, 1.807) is 0 Å². The minimum atomic E-state index is -1.86. The molecule has 0 heterocycles. The van der Waals surface area contributed by atoms with E-state index in [4.69, 9.17) is 39.8 Å². The van der Waals surface area contributed by atoms with Gasteiger partial charge in [0.2, 0.25) is 0 Å². The van der Waals surface area contributed by atoms with E-state index >= 15 is 0 Å². The minimum absolute atomic E-state index is 0.754. The Hall–Kier alpha value is 0.317. The molecule has 0 amide bonds. The fourth-order valence-electron chi connectivity index (χ4n) is 1.38. The van der Waals surface area contributed by atoms with Crippen molar-refractivity contribution in [1.82, 2.24) is 0 Å². The molecule has 2 nitrogen and oxygen atoms in total. The third kappa shape index (κ3) is 4.95. The van der Waals surface area contributed by atoms with Gasteiger partial charge in [0.15, 0.2) is 0 Å². The van der Waals surface area contributed by atoms with Gasteiger partial charge in [-0.25, -0.2) is 0 Å². The second kappa shape index (κ2) is 8.08. The molecule has 0 saturated heterocycles. The van der Waals surface area contributed by atoms with Gasteiger partial charge in [-0.1, -0.05) is 0 Å². The molecular weight excluding hydrogens is 464 g/mol. The van der Waals surface area contributed by atoms with Crippen molar-refractivity contribution >= 4 is 85.4 Å². The molecule has 0 aliphatic heterocycles. The first kappa shape index (κ1) is 16.7. The Labute approximate surface area is 143 Å². The van der Waals surface area contributed by atoms with Crippen molar-refractivity contribution in [2.24, 2.45) is 10.2 Å². The number of hydrogen-bond acceptors (Lipinski definition) is 2. The van der Waals surface area contributed by atoms with Crippen LogP contribution in [0.15, 0.2) is 58.8 Å². The summed E-state index contributed by atoms with van der Waals surface area (Å²) >= 11 is -3.71. The average molecular weight is 472 g/mol. The normalized spacial score (nSPS) is 11.7. The van der Waals surface area contributed by atoms with E-state index in [1.807, 2.05) is 48.5 Å². The molecule has 2 rings (SSSR count). The first-order chi connectivity index (χ1) is 9.56. The van der Waals surface area contributed by atoms with Gasteiger partial charge in [0.1, 0.15) is 0 Å². The van der Waals surface area contributed by atoms with E-state index in [0.717, 1.165) is 20.1 Å². The number of nitrogens with zero attached hydrogens (tertiary/aromatic N) is 2. The number of hydrogen-bond donors (Lipinski definition) is 0. The average Bonchev–Trinajstić information content (AvgIpc) is 2.46. The van der Waals surface area contributed by atoms with Crippen molar-refractivity contribution < 1.29 is 0 Å². The van der Waals surface area contributed by atoms with Gasteiger partial charge in [0.05, 0.1) is 0 Å². The fourth-order valence-corrected chi connectivity index (χ4v) is 5.29. The first-order valence-corrected chi connectivity index (χ1v) is 17.2. The van der Waals surface area contributed by atoms with Crippen molar-refractivity contribution in [3.8, 4) is 0 Å². The third-order valence-electron chi connectivity index (χ3n) is 2.37. The molecule has 0 radical (unpaired) electrons. The molecule has 0 spiro atoms. The van der Waals surface area contributed by atoms with Gasteiger partial charge in [-0.15, -0.1) is 0 Å². The van der Waals surface area contributed by atoms with Crippen LogP contribution in [0.1, 0.15) is 0 Å². The van der Waals surface area contributed by atoms with Crippen molar-refractivity contribution in [1.29, 1.82) is 0 Å². The van der Waals surface area contributed by atoms with Gasteiger partial charge in [-0.3, -0.25) is 0 Å². The second-order valence-corrected chi connectivity index (χ2v) is 16.6. The van der Waals surface area contributed by atoms with Crippen LogP contribution in [-0.4, -0.2) is 25.5 Å². The Morgan fingerprint density at radius 3 is 1.10 bits per heavy atom. The van der Waals surface area contributed by atoms with E-state index in [1.165, 1.54) is 0 Å². The SMILES string of the molecule is Cl[As](Cl)c1ccc(N=Nc2ccc([As](Cl)Cl)cc2)cc1. The van der Waals surface area contributed by atoms with Gasteiger partial charge >= 0.3 is 144 Å². The molecule has 0 aromatic heterocycles. The Kier molecular flexibility index (Phi) is 6.74. The van der Waals surface area contributed by atoms with E-state index in [2.05, 4.69) is 10.2 Å². The number of azo groups is 1. The van der Waals surface area contributed by atoms with Gasteiger partial charge in [0.25, 0.3) is 0 Å². The number of rotatable bonds is 4. The zero-order valence-corrected chi connectivity index (χ0v) is 16.7. The molecule has 0 aliphatic rings. The summed E-state index contributed by atoms with van der Waals surface area (Å²) in [5.74, 6) is 0. The van der Waals surface area contributed by atoms with Crippen molar-refractivity contribution in [2.75, 3.05) is 0 Å². The van der Waals surface area contributed by atoms with Gasteiger partial charge < -0.3 is 0 Å². The predicted molar refractivity (Wildman–Crippen MR) is 91.2 cm³/mol. The Bertz CT molecular complexity index is 532. The Morgan fingerprint density at radius 2 is 0.850 bits per heavy atom. The molecule has 0 aliphatic carbocycles. The predicted octanol–water partition coefficient (Wildman–Crippen LogP) is 4.45. The Balaban J connectivity index is 2.08. The Morgan fingerprint density at radius 1 is 0.550 bits per heavy atom. The summed E-state index contributed by atoms with van der Waals surface area (Å²) in [6.45, 7) is 0. The summed E-state index contributed by atoms with van der Waals surface area (Å²) in [5.41, 5.74) is 1.51. The van der Waals surface area contributed by atoms with Crippen LogP contribution in [0, 0.1) is 0 Å². The van der Waals surface area contributed by atoms with Crippen LogP contribution in [0.2, 0.25) is 0 Å². The number of halogens is 4. The molecule has 2 aromatic carbocycles. The van der Waals surface area contributed by atoms with Gasteiger partial charge in [-0.2, -0.15) is 0 Å². The summed E-state index contributed by atoms with van der Waals surface area (Å²) < 4.78 is 1.95. The van der Waals surface area contributed by atoms with E-state index in [0.29, 0.717) is 0 Å². The van der Waals surface area contributed by atoms with E-state index in [9.17, 15) is 0 Å². The van der Waals surface area contributed by atoms with Crippen LogP contribution >= 0.6 is 39.8 Å². The standard InChI is InChI=1S/C12H8As2Cl4N2/c15-13(16)9-1-5-11(6-2-9)19-20-12-7-3-10(4-8-12)14(17)18/h1-8H. The maximum atomic E-state index is 5.91. The van der Waals surface area contributed by atoms with Crippen molar-refractivity contribution in [2.45, 2.75) is 0 Å². The maximum absolute atomic E-state index is 5.91. The molecule has 2 aromatic rings. The van der Waals surface area contributed by atoms with E-state index < -0.39 is 25.5 Å². The molecule has 0 atom stereocenters. The molecule has 0 unspecified atom stereocenters. The molecule has 0 fully saturated rings. The van der Waals surface area contributed by atoms with Crippen LogP contribution in [0.3, 0.4) is 0 Å². The topological polar surface area (TPSA) is 24.7 Å². The number of benzene rings is 2.